The van der Waals surface area contributed by atoms with Gasteiger partial charge >= 0.3 is 0 Å². The molecule has 6 nitrogen and oxygen atoms in total. The lowest BCUT2D eigenvalue weighted by Crippen LogP contribution is -2.41. The first-order valence-corrected chi connectivity index (χ1v) is 10.7. The lowest BCUT2D eigenvalue weighted by molar-refractivity contribution is -0.114. The summed E-state index contributed by atoms with van der Waals surface area (Å²) in [7, 11) is 0. The molecule has 2 aliphatic rings. The first kappa shape index (κ1) is 19.7. The van der Waals surface area contributed by atoms with Crippen LogP contribution in [-0.4, -0.2) is 32.7 Å². The molecule has 0 atom stereocenters. The standard InChI is InChI=1S/C20H17FN4O2S2/c1-11(2)10-28-20-24-29-19-23-18(26)15(17(22)25(19)20)9-14-7-8-16(27-14)12-3-5-13(21)6-4-12/h3-9,11,22H,10H2,1-2H3/b15-9-,22-17?. The van der Waals surface area contributed by atoms with Crippen molar-refractivity contribution in [3.63, 3.8) is 0 Å². The van der Waals surface area contributed by atoms with Crippen molar-refractivity contribution >= 4 is 51.9 Å². The van der Waals surface area contributed by atoms with Crippen LogP contribution < -0.4 is 0 Å². The molecule has 2 aliphatic heterocycles. The number of halogens is 1. The van der Waals surface area contributed by atoms with Crippen LogP contribution >= 0.6 is 23.7 Å². The number of benzene rings is 1. The highest BCUT2D eigenvalue weighted by molar-refractivity contribution is 8.19. The van der Waals surface area contributed by atoms with Gasteiger partial charge in [0, 0.05) is 11.3 Å². The minimum atomic E-state index is -0.501. The Hall–Kier alpha value is -2.65. The number of carbonyl (C=O) groups is 1. The average Bonchev–Trinajstić information content (AvgIpc) is 3.31. The number of nitrogens with one attached hydrogen (secondary N) is 1. The second-order valence-corrected chi connectivity index (χ2v) is 8.54. The third-order valence-corrected chi connectivity index (χ3v) is 6.26. The number of rotatable bonds is 4. The van der Waals surface area contributed by atoms with E-state index in [1.54, 1.807) is 29.2 Å². The van der Waals surface area contributed by atoms with Gasteiger partial charge in [0.1, 0.15) is 23.2 Å². The van der Waals surface area contributed by atoms with E-state index in [1.165, 1.54) is 30.0 Å². The van der Waals surface area contributed by atoms with E-state index in [0.717, 1.165) is 23.3 Å². The summed E-state index contributed by atoms with van der Waals surface area (Å²) < 4.78 is 23.2. The minimum absolute atomic E-state index is 0.0275. The number of thioether (sulfide) groups is 1. The van der Waals surface area contributed by atoms with Gasteiger partial charge in [-0.2, -0.15) is 9.39 Å². The molecule has 3 heterocycles. The summed E-state index contributed by atoms with van der Waals surface area (Å²) in [6.07, 6.45) is 1.51. The van der Waals surface area contributed by atoms with Crippen LogP contribution in [0.15, 0.2) is 55.8 Å². The average molecular weight is 429 g/mol. The maximum atomic E-state index is 13.1. The summed E-state index contributed by atoms with van der Waals surface area (Å²) in [6, 6.07) is 9.38. The molecule has 1 N–H and O–H groups in total. The fourth-order valence-electron chi connectivity index (χ4n) is 2.68. The van der Waals surface area contributed by atoms with Gasteiger partial charge in [-0.25, -0.2) is 9.29 Å². The Kier molecular flexibility index (Phi) is 5.42. The van der Waals surface area contributed by atoms with Crippen molar-refractivity contribution in [3.8, 4) is 11.3 Å². The Morgan fingerprint density at radius 1 is 1.28 bits per heavy atom. The van der Waals surface area contributed by atoms with Crippen molar-refractivity contribution < 1.29 is 13.6 Å². The van der Waals surface area contributed by atoms with Crippen LogP contribution in [0.3, 0.4) is 0 Å². The summed E-state index contributed by atoms with van der Waals surface area (Å²) >= 11 is 2.64. The first-order chi connectivity index (χ1) is 13.9. The van der Waals surface area contributed by atoms with Crippen LogP contribution in [0.25, 0.3) is 17.4 Å². The van der Waals surface area contributed by atoms with E-state index < -0.39 is 5.91 Å². The van der Waals surface area contributed by atoms with Gasteiger partial charge in [0.15, 0.2) is 5.17 Å². The van der Waals surface area contributed by atoms with Crippen LogP contribution in [0, 0.1) is 17.1 Å². The second-order valence-electron chi connectivity index (χ2n) is 6.82. The van der Waals surface area contributed by atoms with E-state index in [-0.39, 0.29) is 17.2 Å². The number of amidine groups is 3. The van der Waals surface area contributed by atoms with Gasteiger partial charge in [0.2, 0.25) is 5.17 Å². The van der Waals surface area contributed by atoms with Crippen molar-refractivity contribution in [2.24, 2.45) is 15.3 Å². The minimum Gasteiger partial charge on any atom is -0.457 e. The first-order valence-electron chi connectivity index (χ1n) is 8.89. The van der Waals surface area contributed by atoms with Gasteiger partial charge in [0.25, 0.3) is 5.91 Å². The van der Waals surface area contributed by atoms with Crippen molar-refractivity contribution in [3.05, 3.63) is 53.5 Å². The van der Waals surface area contributed by atoms with E-state index in [2.05, 4.69) is 23.2 Å². The SMILES string of the molecule is CC(C)CSC1=NSC2=NC(=O)/C(=C\c3ccc(-c4ccc(F)cc4)o3)C(=N)N12. The van der Waals surface area contributed by atoms with E-state index >= 15 is 0 Å². The highest BCUT2D eigenvalue weighted by Crippen LogP contribution is 2.33. The molecule has 0 saturated carbocycles. The largest absolute Gasteiger partial charge is 0.457 e. The summed E-state index contributed by atoms with van der Waals surface area (Å²) in [5.41, 5.74) is 0.853. The molecule has 29 heavy (non-hydrogen) atoms. The lowest BCUT2D eigenvalue weighted by atomic mass is 10.1. The zero-order chi connectivity index (χ0) is 20.5. The van der Waals surface area contributed by atoms with Crippen LogP contribution in [0.2, 0.25) is 0 Å². The number of fused-ring (bicyclic) bond motifs is 1. The third kappa shape index (κ3) is 4.06. The van der Waals surface area contributed by atoms with Crippen LogP contribution in [0.5, 0.6) is 0 Å². The molecule has 0 bridgehead atoms. The Morgan fingerprint density at radius 2 is 2.03 bits per heavy atom. The van der Waals surface area contributed by atoms with Crippen molar-refractivity contribution in [1.29, 1.82) is 5.41 Å². The predicted octanol–water partition coefficient (Wildman–Crippen LogP) is 5.05. The number of nitrogens with zero attached hydrogens (tertiary/aromatic N) is 3. The second kappa shape index (κ2) is 8.00. The van der Waals surface area contributed by atoms with Crippen LogP contribution in [0.1, 0.15) is 19.6 Å². The molecular weight excluding hydrogens is 411 g/mol. The number of hydrogen-bond acceptors (Lipinski definition) is 6. The monoisotopic (exact) mass is 428 g/mol. The Balaban J connectivity index is 1.59. The summed E-state index contributed by atoms with van der Waals surface area (Å²) in [5.74, 6) is 1.48. The predicted molar refractivity (Wildman–Crippen MR) is 116 cm³/mol. The molecule has 4 rings (SSSR count). The number of hydrogen-bond donors (Lipinski definition) is 1. The Labute approximate surface area is 175 Å². The van der Waals surface area contributed by atoms with Gasteiger partial charge in [-0.1, -0.05) is 25.6 Å². The Bertz CT molecular complexity index is 1070. The molecule has 0 unspecified atom stereocenters. The quantitative estimate of drug-likeness (QED) is 0.544. The lowest BCUT2D eigenvalue weighted by Gasteiger charge is -2.24. The zero-order valence-electron chi connectivity index (χ0n) is 15.7. The molecule has 2 aromatic rings. The fraction of sp³-hybridized carbons (Fsp3) is 0.200. The fourth-order valence-corrected chi connectivity index (χ4v) is 4.47. The smallest absolute Gasteiger partial charge is 0.283 e. The van der Waals surface area contributed by atoms with Crippen LogP contribution in [-0.2, 0) is 4.79 Å². The molecule has 0 aliphatic carbocycles. The molecule has 1 amide bonds. The van der Waals surface area contributed by atoms with Gasteiger partial charge in [-0.15, -0.1) is 0 Å². The molecule has 1 aromatic carbocycles. The highest BCUT2D eigenvalue weighted by atomic mass is 32.2. The molecule has 9 heteroatoms. The molecular formula is C20H17FN4O2S2. The molecule has 0 radical (unpaired) electrons. The maximum absolute atomic E-state index is 13.1. The van der Waals surface area contributed by atoms with Gasteiger partial charge in [-0.3, -0.25) is 10.2 Å². The van der Waals surface area contributed by atoms with Gasteiger partial charge in [0.05, 0.1) is 17.5 Å². The van der Waals surface area contributed by atoms with E-state index in [0.29, 0.717) is 27.8 Å². The molecule has 1 aromatic heterocycles. The maximum Gasteiger partial charge on any atom is 0.283 e. The van der Waals surface area contributed by atoms with E-state index in [9.17, 15) is 9.18 Å². The van der Waals surface area contributed by atoms with Gasteiger partial charge < -0.3 is 4.42 Å². The Morgan fingerprint density at radius 3 is 2.76 bits per heavy atom. The normalized spacial score (nSPS) is 17.8. The molecule has 0 saturated heterocycles. The van der Waals surface area contributed by atoms with Crippen molar-refractivity contribution in [1.82, 2.24) is 4.90 Å². The number of amides is 1. The summed E-state index contributed by atoms with van der Waals surface area (Å²) in [6.45, 7) is 4.22. The molecule has 0 fully saturated rings. The summed E-state index contributed by atoms with van der Waals surface area (Å²) in [5, 5.41) is 9.58. The topological polar surface area (TPSA) is 82.0 Å². The zero-order valence-corrected chi connectivity index (χ0v) is 17.3. The highest BCUT2D eigenvalue weighted by Gasteiger charge is 2.37. The summed E-state index contributed by atoms with van der Waals surface area (Å²) in [4.78, 5) is 18.1. The van der Waals surface area contributed by atoms with E-state index in [4.69, 9.17) is 9.83 Å². The number of carbonyl (C=O) groups excluding carboxylic acids is 1. The number of furan rings is 1. The molecule has 0 spiro atoms. The molecule has 148 valence electrons. The van der Waals surface area contributed by atoms with Crippen molar-refractivity contribution in [2.75, 3.05) is 5.75 Å². The third-order valence-electron chi connectivity index (χ3n) is 4.08. The van der Waals surface area contributed by atoms with Crippen molar-refractivity contribution in [2.45, 2.75) is 13.8 Å². The van der Waals surface area contributed by atoms with Crippen LogP contribution in [0.4, 0.5) is 4.39 Å². The van der Waals surface area contributed by atoms with Gasteiger partial charge in [-0.05, 0) is 48.4 Å². The van der Waals surface area contributed by atoms with E-state index in [1.807, 2.05) is 0 Å². The number of aliphatic imine (C=N–C) groups is 1.